The van der Waals surface area contributed by atoms with E-state index in [2.05, 4.69) is 209 Å². The summed E-state index contributed by atoms with van der Waals surface area (Å²) in [6.07, 6.45) is 6.69. The first-order valence-corrected chi connectivity index (χ1v) is 27.8. The second-order valence-corrected chi connectivity index (χ2v) is 24.8. The third-order valence-electron chi connectivity index (χ3n) is 15.5. The Morgan fingerprint density at radius 2 is 0.783 bits per heavy atom. The summed E-state index contributed by atoms with van der Waals surface area (Å²) in [4.78, 5) is 0. The van der Waals surface area contributed by atoms with Gasteiger partial charge < -0.3 is 14.8 Å². The molecule has 7 aromatic rings. The quantitative estimate of drug-likeness (QED) is 0.138. The molecule has 0 aliphatic carbocycles. The summed E-state index contributed by atoms with van der Waals surface area (Å²) in [7, 11) is 0. The van der Waals surface area contributed by atoms with E-state index in [9.17, 15) is 0 Å². The molecule has 1 N–H and O–H groups in total. The minimum absolute atomic E-state index is 0.00142. The minimum Gasteiger partial charge on any atom is -0.458 e. The average Bonchev–Trinajstić information content (AvgIpc) is 3.31. The van der Waals surface area contributed by atoms with E-state index in [0.717, 1.165) is 34.4 Å². The summed E-state index contributed by atoms with van der Waals surface area (Å²) in [5.41, 5.74) is 24.8. The predicted octanol–water partition coefficient (Wildman–Crippen LogP) is 9.58. The number of nitrogens with one attached hydrogen (secondary N) is 1. The lowest BCUT2D eigenvalue weighted by Crippen LogP contribution is -2.65. The summed E-state index contributed by atoms with van der Waals surface area (Å²) in [6, 6.07) is 41.9. The number of anilines is 8. The van der Waals surface area contributed by atoms with Crippen molar-refractivity contribution in [2.45, 2.75) is 78.6 Å². The van der Waals surface area contributed by atoms with Gasteiger partial charge in [0.05, 0.1) is 17.1 Å². The molecule has 6 heterocycles. The lowest BCUT2D eigenvalue weighted by Gasteiger charge is -2.46. The number of hydrogen-bond donors (Lipinski definition) is 1. The van der Waals surface area contributed by atoms with E-state index in [1.165, 1.54) is 100.0 Å². The maximum Gasteiger partial charge on any atom is 0.256 e. The summed E-state index contributed by atoms with van der Waals surface area (Å²) in [6.45, 7) is 20.7. The van der Waals surface area contributed by atoms with Gasteiger partial charge in [-0.3, -0.25) is 12.9 Å². The molecule has 6 nitrogen and oxygen atoms in total. The Bertz CT molecular complexity index is 3410. The highest BCUT2D eigenvalue weighted by atomic mass is 32.2. The first-order valence-electron chi connectivity index (χ1n) is 24.2. The molecular formula is C57H55B3N4O2S3. The predicted molar refractivity (Wildman–Crippen MR) is 306 cm³/mol. The van der Waals surface area contributed by atoms with Crippen molar-refractivity contribution in [2.24, 2.45) is 0 Å². The molecule has 0 spiro atoms. The zero-order valence-electron chi connectivity index (χ0n) is 41.5. The van der Waals surface area contributed by atoms with Crippen LogP contribution in [0.3, 0.4) is 0 Å². The van der Waals surface area contributed by atoms with E-state index in [1.54, 1.807) is 23.9 Å². The molecule has 0 atom stereocenters. The van der Waals surface area contributed by atoms with Crippen LogP contribution in [-0.2, 0) is 16.2 Å². The SMILES string of the molecule is CSN1c2cc3c(cc2B2c4ccccc4Oc4cc(C(C)(C)C)cc1c42)B1c2cc4c(cc2N(SC)c2cc(C(C)(C)C)cc(c21)N3SC)Nc1cc(C(C)(C)C)cc2c1B4c1ccccc1O2. The van der Waals surface area contributed by atoms with Crippen molar-refractivity contribution in [3.05, 3.63) is 126 Å². The standard InChI is InChI=1S/C57H55B3N4O2S3/c1-55(2,3)31-21-41-52-50(25-31)65-48-19-15-13-17-34(48)58(52)36-27-37-42(29-40(36)61-41)62(67-10)45-22-32(56(4,5)6)23-46-53(45)60(37)39-28-38-43(30-44(39)63(46)68-11)64(69-12)47-24-33(57(7,8)9)26-51-54(47)59(38)35-18-14-16-20-49(35)66-51/h13-30,61H,1-12H3. The molecule has 6 aliphatic rings. The second-order valence-electron chi connectivity index (χ2n) is 22.6. The molecule has 6 aliphatic heterocycles. The lowest BCUT2D eigenvalue weighted by atomic mass is 9.29. The van der Waals surface area contributed by atoms with E-state index in [1.807, 2.05) is 11.9 Å². The zero-order valence-corrected chi connectivity index (χ0v) is 44.0. The first-order chi connectivity index (χ1) is 33.0. The second kappa shape index (κ2) is 14.8. The molecule has 13 rings (SSSR count). The van der Waals surface area contributed by atoms with Gasteiger partial charge in [-0.25, -0.2) is 0 Å². The van der Waals surface area contributed by atoms with Gasteiger partial charge in [0, 0.05) is 47.2 Å². The fourth-order valence-corrected chi connectivity index (χ4v) is 14.2. The molecule has 12 heteroatoms. The zero-order chi connectivity index (χ0) is 47.8. The lowest BCUT2D eigenvalue weighted by molar-refractivity contribution is 0.483. The number of ether oxygens (including phenoxy) is 2. The first kappa shape index (κ1) is 43.6. The summed E-state index contributed by atoms with van der Waals surface area (Å²) >= 11 is 5.39. The van der Waals surface area contributed by atoms with Crippen LogP contribution in [0.1, 0.15) is 79.0 Å². The number of rotatable bonds is 3. The van der Waals surface area contributed by atoms with Gasteiger partial charge in [0.1, 0.15) is 23.0 Å². The Hall–Kier alpha value is -5.42. The summed E-state index contributed by atoms with van der Waals surface area (Å²) < 4.78 is 21.3. The Morgan fingerprint density at radius 1 is 0.377 bits per heavy atom. The van der Waals surface area contributed by atoms with Crippen LogP contribution in [0.15, 0.2) is 109 Å². The number of para-hydroxylation sites is 2. The van der Waals surface area contributed by atoms with Crippen molar-refractivity contribution in [3.63, 3.8) is 0 Å². The van der Waals surface area contributed by atoms with Crippen LogP contribution in [0, 0.1) is 0 Å². The van der Waals surface area contributed by atoms with Crippen molar-refractivity contribution in [1.29, 1.82) is 0 Å². The fraction of sp³-hybridized carbons (Fsp3) is 0.263. The molecular weight excluding hydrogens is 901 g/mol. The van der Waals surface area contributed by atoms with Gasteiger partial charge in [-0.2, -0.15) is 0 Å². The van der Waals surface area contributed by atoms with E-state index in [0.29, 0.717) is 0 Å². The molecule has 0 saturated carbocycles. The van der Waals surface area contributed by atoms with Crippen molar-refractivity contribution in [1.82, 2.24) is 0 Å². The van der Waals surface area contributed by atoms with Crippen molar-refractivity contribution in [3.8, 4) is 23.0 Å². The number of nitrogens with zero attached hydrogens (tertiary/aromatic N) is 3. The van der Waals surface area contributed by atoms with Gasteiger partial charge in [-0.05, 0) is 179 Å². The van der Waals surface area contributed by atoms with E-state index in [-0.39, 0.29) is 36.4 Å². The van der Waals surface area contributed by atoms with Crippen LogP contribution in [0.4, 0.5) is 45.5 Å². The molecule has 0 saturated heterocycles. The Balaban J connectivity index is 1.10. The Labute approximate surface area is 422 Å². The molecule has 0 amide bonds. The van der Waals surface area contributed by atoms with Crippen LogP contribution in [0.5, 0.6) is 23.0 Å². The van der Waals surface area contributed by atoms with Gasteiger partial charge in [-0.1, -0.05) is 111 Å². The molecule has 0 bridgehead atoms. The highest BCUT2D eigenvalue weighted by molar-refractivity contribution is 8.01. The monoisotopic (exact) mass is 956 g/mol. The van der Waals surface area contributed by atoms with Crippen LogP contribution in [0.2, 0.25) is 0 Å². The third-order valence-corrected chi connectivity index (χ3v) is 17.8. The number of hydrogen-bond acceptors (Lipinski definition) is 9. The van der Waals surface area contributed by atoms with E-state index < -0.39 is 0 Å². The smallest absolute Gasteiger partial charge is 0.256 e. The number of benzene rings is 7. The molecule has 0 unspecified atom stereocenters. The number of fused-ring (bicyclic) bond motifs is 12. The molecule has 7 aromatic carbocycles. The molecule has 69 heavy (non-hydrogen) atoms. The van der Waals surface area contributed by atoms with Gasteiger partial charge in [0.25, 0.3) is 20.1 Å². The Morgan fingerprint density at radius 3 is 1.29 bits per heavy atom. The van der Waals surface area contributed by atoms with Crippen LogP contribution < -0.4 is 76.9 Å². The normalized spacial score (nSPS) is 15.3. The molecule has 0 radical (unpaired) electrons. The average molecular weight is 957 g/mol. The van der Waals surface area contributed by atoms with Crippen molar-refractivity contribution < 1.29 is 9.47 Å². The topological polar surface area (TPSA) is 40.2 Å². The van der Waals surface area contributed by atoms with Gasteiger partial charge in [0.15, 0.2) is 0 Å². The van der Waals surface area contributed by atoms with Crippen LogP contribution in [0.25, 0.3) is 0 Å². The Kier molecular flexibility index (Phi) is 9.36. The highest BCUT2D eigenvalue weighted by Gasteiger charge is 2.49. The van der Waals surface area contributed by atoms with Crippen molar-refractivity contribution in [2.75, 3.05) is 37.0 Å². The van der Waals surface area contributed by atoms with Crippen LogP contribution in [-0.4, -0.2) is 38.9 Å². The molecule has 342 valence electrons. The van der Waals surface area contributed by atoms with Gasteiger partial charge in [-0.15, -0.1) is 0 Å². The summed E-state index contributed by atoms with van der Waals surface area (Å²) in [5, 5.41) is 4.03. The summed E-state index contributed by atoms with van der Waals surface area (Å²) in [5.74, 6) is 3.77. The minimum atomic E-state index is -0.0795. The maximum atomic E-state index is 6.93. The highest BCUT2D eigenvalue weighted by Crippen LogP contribution is 2.48. The van der Waals surface area contributed by atoms with E-state index >= 15 is 0 Å². The largest absolute Gasteiger partial charge is 0.458 e. The van der Waals surface area contributed by atoms with Gasteiger partial charge >= 0.3 is 0 Å². The third kappa shape index (κ3) is 6.19. The maximum absolute atomic E-state index is 6.93. The van der Waals surface area contributed by atoms with Gasteiger partial charge in [0.2, 0.25) is 0 Å². The van der Waals surface area contributed by atoms with E-state index in [4.69, 9.17) is 9.47 Å². The van der Waals surface area contributed by atoms with Crippen LogP contribution >= 0.6 is 35.8 Å². The fourth-order valence-electron chi connectivity index (χ4n) is 12.0. The van der Waals surface area contributed by atoms with Crippen molar-refractivity contribution >= 4 is 151 Å². The molecule has 0 aromatic heterocycles. The molecule has 0 fully saturated rings.